The number of nitrogens with zero attached hydrogens (tertiary/aromatic N) is 3. The Kier molecular flexibility index (Phi) is 7.85. The highest BCUT2D eigenvalue weighted by Crippen LogP contribution is 2.19. The van der Waals surface area contributed by atoms with Crippen LogP contribution >= 0.6 is 0 Å². The lowest BCUT2D eigenvalue weighted by Crippen LogP contribution is -2.43. The van der Waals surface area contributed by atoms with Gasteiger partial charge in [0.25, 0.3) is 0 Å². The lowest BCUT2D eigenvalue weighted by Gasteiger charge is -2.30. The van der Waals surface area contributed by atoms with Crippen molar-refractivity contribution in [2.45, 2.75) is 53.5 Å². The van der Waals surface area contributed by atoms with E-state index in [2.05, 4.69) is 53.5 Å². The molecule has 1 aliphatic heterocycles. The van der Waals surface area contributed by atoms with Gasteiger partial charge < -0.3 is 10.6 Å². The number of carbonyl (C=O) groups excluding carboxylic acids is 2. The van der Waals surface area contributed by atoms with Gasteiger partial charge in [-0.05, 0) is 76.7 Å². The zero-order valence-corrected chi connectivity index (χ0v) is 19.2. The normalized spacial score (nSPS) is 15.1. The van der Waals surface area contributed by atoms with Crippen LogP contribution in [0.2, 0.25) is 0 Å². The molecule has 1 fully saturated rings. The number of likely N-dealkylation sites (tertiary alicyclic amines) is 1. The van der Waals surface area contributed by atoms with Gasteiger partial charge in [-0.15, -0.1) is 0 Å². The smallest absolute Gasteiger partial charge is 0.234 e. The minimum Gasteiger partial charge on any atom is -0.355 e. The molecule has 1 aromatic heterocycles. The first-order chi connectivity index (χ1) is 14.9. The van der Waals surface area contributed by atoms with Crippen molar-refractivity contribution in [2.75, 3.05) is 31.5 Å². The van der Waals surface area contributed by atoms with E-state index in [1.165, 1.54) is 22.3 Å². The minimum absolute atomic E-state index is 0.0169. The SMILES string of the molecule is CCn1cc(NC(=O)C2CCN(CC(=O)NCCc3c(C)cc(C)cc3C)CC2)cn1. The highest BCUT2D eigenvalue weighted by Gasteiger charge is 2.26. The number of carbonyl (C=O) groups is 2. The summed E-state index contributed by atoms with van der Waals surface area (Å²) in [7, 11) is 0. The molecule has 1 saturated heterocycles. The third kappa shape index (κ3) is 6.40. The molecule has 7 heteroatoms. The summed E-state index contributed by atoms with van der Waals surface area (Å²) in [6.45, 7) is 11.7. The zero-order valence-electron chi connectivity index (χ0n) is 19.2. The Hall–Kier alpha value is -2.67. The van der Waals surface area contributed by atoms with Crippen LogP contribution in [0.15, 0.2) is 24.5 Å². The molecule has 2 aromatic rings. The van der Waals surface area contributed by atoms with E-state index in [0.29, 0.717) is 13.1 Å². The van der Waals surface area contributed by atoms with Gasteiger partial charge in [-0.1, -0.05) is 17.7 Å². The molecule has 1 aromatic carbocycles. The number of hydrogen-bond acceptors (Lipinski definition) is 4. The van der Waals surface area contributed by atoms with Crippen LogP contribution in [0.1, 0.15) is 42.0 Å². The monoisotopic (exact) mass is 425 g/mol. The minimum atomic E-state index is -0.0169. The summed E-state index contributed by atoms with van der Waals surface area (Å²) in [6.07, 6.45) is 5.91. The van der Waals surface area contributed by atoms with E-state index < -0.39 is 0 Å². The predicted molar refractivity (Wildman–Crippen MR) is 123 cm³/mol. The molecule has 7 nitrogen and oxygen atoms in total. The van der Waals surface area contributed by atoms with Crippen LogP contribution < -0.4 is 10.6 Å². The summed E-state index contributed by atoms with van der Waals surface area (Å²) in [6, 6.07) is 4.39. The maximum absolute atomic E-state index is 12.5. The second-order valence-corrected chi connectivity index (χ2v) is 8.60. The summed E-state index contributed by atoms with van der Waals surface area (Å²) >= 11 is 0. The number of piperidine rings is 1. The molecule has 0 bridgehead atoms. The van der Waals surface area contributed by atoms with Crippen LogP contribution in [0.3, 0.4) is 0 Å². The van der Waals surface area contributed by atoms with E-state index in [0.717, 1.165) is 44.6 Å². The predicted octanol–water partition coefficient (Wildman–Crippen LogP) is 2.84. The molecule has 0 radical (unpaired) electrons. The van der Waals surface area contributed by atoms with Crippen LogP contribution in [0.25, 0.3) is 0 Å². The Balaban J connectivity index is 1.37. The van der Waals surface area contributed by atoms with Crippen LogP contribution in [-0.4, -0.2) is 52.7 Å². The first-order valence-corrected chi connectivity index (χ1v) is 11.2. The van der Waals surface area contributed by atoms with E-state index >= 15 is 0 Å². The second-order valence-electron chi connectivity index (χ2n) is 8.60. The molecule has 0 unspecified atom stereocenters. The zero-order chi connectivity index (χ0) is 22.4. The molecule has 1 aliphatic rings. The van der Waals surface area contributed by atoms with Crippen molar-refractivity contribution < 1.29 is 9.59 Å². The maximum Gasteiger partial charge on any atom is 0.234 e. The molecule has 0 saturated carbocycles. The van der Waals surface area contributed by atoms with Gasteiger partial charge in [-0.2, -0.15) is 5.10 Å². The van der Waals surface area contributed by atoms with Gasteiger partial charge >= 0.3 is 0 Å². The lowest BCUT2D eigenvalue weighted by molar-refractivity contribution is -0.123. The second kappa shape index (κ2) is 10.6. The molecule has 0 aliphatic carbocycles. The first-order valence-electron chi connectivity index (χ1n) is 11.2. The average molecular weight is 426 g/mol. The number of anilines is 1. The fourth-order valence-electron chi connectivity index (χ4n) is 4.39. The van der Waals surface area contributed by atoms with Crippen molar-refractivity contribution in [2.24, 2.45) is 5.92 Å². The number of rotatable bonds is 8. The molecule has 2 N–H and O–H groups in total. The fraction of sp³-hybridized carbons (Fsp3) is 0.542. The van der Waals surface area contributed by atoms with Gasteiger partial charge in [-0.25, -0.2) is 0 Å². The molecule has 0 atom stereocenters. The molecule has 2 heterocycles. The number of nitrogens with one attached hydrogen (secondary N) is 2. The number of benzene rings is 1. The Morgan fingerprint density at radius 2 is 1.81 bits per heavy atom. The molecular weight excluding hydrogens is 390 g/mol. The highest BCUT2D eigenvalue weighted by molar-refractivity contribution is 5.92. The van der Waals surface area contributed by atoms with Gasteiger partial charge in [-0.3, -0.25) is 19.2 Å². The van der Waals surface area contributed by atoms with Crippen molar-refractivity contribution in [3.05, 3.63) is 46.8 Å². The van der Waals surface area contributed by atoms with Gasteiger partial charge in [0.05, 0.1) is 18.4 Å². The largest absolute Gasteiger partial charge is 0.355 e. The van der Waals surface area contributed by atoms with Gasteiger partial charge in [0.2, 0.25) is 11.8 Å². The molecule has 168 valence electrons. The van der Waals surface area contributed by atoms with Crippen LogP contribution in [0, 0.1) is 26.7 Å². The van der Waals surface area contributed by atoms with E-state index in [9.17, 15) is 9.59 Å². The van der Waals surface area contributed by atoms with Crippen LogP contribution in [-0.2, 0) is 22.6 Å². The molecule has 3 rings (SSSR count). The summed E-state index contributed by atoms with van der Waals surface area (Å²) in [5, 5.41) is 10.2. The molecule has 2 amide bonds. The van der Waals surface area contributed by atoms with Crippen molar-refractivity contribution in [3.8, 4) is 0 Å². The van der Waals surface area contributed by atoms with Crippen molar-refractivity contribution in [1.82, 2.24) is 20.0 Å². The van der Waals surface area contributed by atoms with Crippen molar-refractivity contribution >= 4 is 17.5 Å². The average Bonchev–Trinajstić information content (AvgIpc) is 3.18. The van der Waals surface area contributed by atoms with Gasteiger partial charge in [0.1, 0.15) is 0 Å². The third-order valence-corrected chi connectivity index (χ3v) is 6.09. The summed E-state index contributed by atoms with van der Waals surface area (Å²) < 4.78 is 1.79. The third-order valence-electron chi connectivity index (χ3n) is 6.09. The number of aromatic nitrogens is 2. The Morgan fingerprint density at radius 3 is 2.42 bits per heavy atom. The summed E-state index contributed by atoms with van der Waals surface area (Å²) in [4.78, 5) is 27.0. The topological polar surface area (TPSA) is 79.3 Å². The lowest BCUT2D eigenvalue weighted by atomic mass is 9.96. The van der Waals surface area contributed by atoms with E-state index in [-0.39, 0.29) is 17.7 Å². The van der Waals surface area contributed by atoms with Crippen LogP contribution in [0.4, 0.5) is 5.69 Å². The Morgan fingerprint density at radius 1 is 1.13 bits per heavy atom. The fourth-order valence-corrected chi connectivity index (χ4v) is 4.39. The van der Waals surface area contributed by atoms with Crippen molar-refractivity contribution in [1.29, 1.82) is 0 Å². The standard InChI is InChI=1S/C24H35N5O2/c1-5-29-15-21(14-26-29)27-24(31)20-7-10-28(11-8-20)16-23(30)25-9-6-22-18(3)12-17(2)13-19(22)4/h12-15,20H,5-11,16H2,1-4H3,(H,25,30)(H,27,31). The Bertz CT molecular complexity index is 889. The summed E-state index contributed by atoms with van der Waals surface area (Å²) in [5.74, 6) is 0.0812. The van der Waals surface area contributed by atoms with Gasteiger partial charge in [0.15, 0.2) is 0 Å². The molecule has 31 heavy (non-hydrogen) atoms. The Labute approximate surface area is 185 Å². The highest BCUT2D eigenvalue weighted by atomic mass is 16.2. The van der Waals surface area contributed by atoms with E-state index in [4.69, 9.17) is 0 Å². The summed E-state index contributed by atoms with van der Waals surface area (Å²) in [5.41, 5.74) is 5.91. The van der Waals surface area contributed by atoms with Crippen molar-refractivity contribution in [3.63, 3.8) is 0 Å². The van der Waals surface area contributed by atoms with Crippen LogP contribution in [0.5, 0.6) is 0 Å². The number of hydrogen-bond donors (Lipinski definition) is 2. The van der Waals surface area contributed by atoms with Gasteiger partial charge in [0, 0.05) is 25.2 Å². The van der Waals surface area contributed by atoms with E-state index in [1.807, 2.05) is 13.1 Å². The molecule has 0 spiro atoms. The number of amides is 2. The van der Waals surface area contributed by atoms with E-state index in [1.54, 1.807) is 10.9 Å². The molecular formula is C24H35N5O2. The maximum atomic E-state index is 12.5. The quantitative estimate of drug-likeness (QED) is 0.682. The first kappa shape index (κ1) is 23.0. The number of aryl methyl sites for hydroxylation is 4.